The van der Waals surface area contributed by atoms with Crippen molar-refractivity contribution in [2.24, 2.45) is 0 Å². The first-order valence-corrected chi connectivity index (χ1v) is 17.9. The predicted molar refractivity (Wildman–Crippen MR) is 194 cm³/mol. The number of methoxy groups -OCH3 is 2. The summed E-state index contributed by atoms with van der Waals surface area (Å²) in [4.78, 5) is 71.7. The molecular formula is C36H61N5O14. The van der Waals surface area contributed by atoms with Crippen molar-refractivity contribution in [3.8, 4) is 6.07 Å². The van der Waals surface area contributed by atoms with Crippen LogP contribution in [0.3, 0.4) is 0 Å². The van der Waals surface area contributed by atoms with Gasteiger partial charge in [0.25, 0.3) is 0 Å². The summed E-state index contributed by atoms with van der Waals surface area (Å²) in [5.74, 6) is -1.16. The Morgan fingerprint density at radius 2 is 1.11 bits per heavy atom. The summed E-state index contributed by atoms with van der Waals surface area (Å²) in [5, 5.41) is 40.5. The molecule has 4 N–H and O–H groups in total. The molecule has 0 bridgehead atoms. The van der Waals surface area contributed by atoms with Gasteiger partial charge >= 0.3 is 30.2 Å². The number of hydrogen-bond acceptors (Lipinski definition) is 16. The Bertz CT molecular complexity index is 1410. The van der Waals surface area contributed by atoms with E-state index in [1.807, 2.05) is 20.8 Å². The molecule has 4 fully saturated rings. The van der Waals surface area contributed by atoms with Crippen LogP contribution >= 0.6 is 0 Å². The Hall–Kier alpha value is -4.25. The van der Waals surface area contributed by atoms with Gasteiger partial charge in [0.2, 0.25) is 0 Å². The molecule has 4 aliphatic rings. The number of esters is 2. The van der Waals surface area contributed by atoms with Crippen molar-refractivity contribution in [3.63, 3.8) is 0 Å². The van der Waals surface area contributed by atoms with Gasteiger partial charge in [-0.15, -0.1) is 0 Å². The Labute approximate surface area is 323 Å². The average Bonchev–Trinajstić information content (AvgIpc) is 3.87. The van der Waals surface area contributed by atoms with Crippen LogP contribution in [0.2, 0.25) is 0 Å². The Balaban J connectivity index is 0.000000372. The number of hydrogen-bond donors (Lipinski definition) is 4. The number of ether oxygens (including phenoxy) is 5. The highest BCUT2D eigenvalue weighted by molar-refractivity contribution is 5.87. The van der Waals surface area contributed by atoms with Gasteiger partial charge in [0.05, 0.1) is 39.9 Å². The summed E-state index contributed by atoms with van der Waals surface area (Å²) in [5.41, 5.74) is -5.91. The molecular weight excluding hydrogens is 726 g/mol. The van der Waals surface area contributed by atoms with Crippen LogP contribution in [-0.4, -0.2) is 166 Å². The van der Waals surface area contributed by atoms with Gasteiger partial charge in [0.15, 0.2) is 22.6 Å². The molecule has 55 heavy (non-hydrogen) atoms. The molecule has 314 valence electrons. The number of carbonyl (C=O) groups excluding carboxylic acids is 6. The highest BCUT2D eigenvalue weighted by Gasteiger charge is 2.46. The summed E-state index contributed by atoms with van der Waals surface area (Å²) in [6.45, 7) is 18.3. The van der Waals surface area contributed by atoms with E-state index >= 15 is 0 Å². The van der Waals surface area contributed by atoms with Crippen LogP contribution in [0.15, 0.2) is 0 Å². The number of carbonyl (C=O) groups is 6. The van der Waals surface area contributed by atoms with Crippen molar-refractivity contribution >= 4 is 36.0 Å². The Morgan fingerprint density at radius 3 is 1.47 bits per heavy atom. The third kappa shape index (κ3) is 17.0. The number of rotatable bonds is 2. The van der Waals surface area contributed by atoms with E-state index < -0.39 is 63.8 Å². The second-order valence-electron chi connectivity index (χ2n) is 16.6. The third-order valence-electron chi connectivity index (χ3n) is 7.95. The molecule has 0 saturated carbocycles. The van der Waals surface area contributed by atoms with E-state index in [0.717, 1.165) is 0 Å². The molecule has 3 unspecified atom stereocenters. The molecule has 4 saturated heterocycles. The van der Waals surface area contributed by atoms with E-state index in [1.54, 1.807) is 47.6 Å². The fraction of sp³-hybridized carbons (Fsp3) is 0.806. The molecule has 19 heteroatoms. The van der Waals surface area contributed by atoms with Crippen molar-refractivity contribution in [3.05, 3.63) is 0 Å². The smallest absolute Gasteiger partial charge is 0.410 e. The number of Topliss-reactive ketones (excluding diaryl/α,β-unsaturated/α-hetero) is 1. The normalized spacial score (nSPS) is 24.8. The zero-order valence-electron chi connectivity index (χ0n) is 34.1. The topological polar surface area (TPSA) is 255 Å². The van der Waals surface area contributed by atoms with Crippen LogP contribution in [0.1, 0.15) is 88.0 Å². The van der Waals surface area contributed by atoms with Crippen molar-refractivity contribution in [1.82, 2.24) is 20.0 Å². The lowest BCUT2D eigenvalue weighted by Gasteiger charge is -2.25. The molecule has 0 aromatic heterocycles. The van der Waals surface area contributed by atoms with Crippen LogP contribution in [-0.2, 0) is 38.1 Å². The SMILES string of the molecule is CC(C)(C)OC(=O)N1CCC(=O)C1.CC(C)(C)OC(=O)N1CCC(O)(C#N)C1.COC(=O)C1(O)CCN(C(=O)OC(C)(C)C)C1.COC(=O)C1(O)CCNC1. The van der Waals surface area contributed by atoms with Gasteiger partial charge in [-0.25, -0.2) is 24.0 Å². The van der Waals surface area contributed by atoms with Crippen molar-refractivity contribution in [1.29, 1.82) is 5.26 Å². The molecule has 3 atom stereocenters. The standard InChI is InChI=1S/C11H19NO5.C10H16N2O3.C9H15NO3.C6H11NO3/c1-10(2,3)17-9(14)12-6-5-11(15,7-12)8(13)16-4;1-9(2,3)15-8(13)12-5-4-10(14,6-11)7-12;1-9(2,3)13-8(12)10-5-4-7(11)6-10;1-10-5(8)6(9)2-3-7-4-6/h15H,5-7H2,1-4H3;14H,4-5,7H2,1-3H3;4-6H2,1-3H3;7,9H,2-4H2,1H3. The number of nitrogens with zero attached hydrogens (tertiary/aromatic N) is 4. The van der Waals surface area contributed by atoms with Gasteiger partial charge in [-0.1, -0.05) is 0 Å². The van der Waals surface area contributed by atoms with Crippen molar-refractivity contribution in [2.45, 2.75) is 122 Å². The minimum Gasteiger partial charge on any atom is -0.467 e. The number of β-amino-alcohol motifs (C(OH)–C–C–N with tert-alkyl or cyclic N) is 3. The first-order valence-electron chi connectivity index (χ1n) is 17.9. The molecule has 4 heterocycles. The predicted octanol–water partition coefficient (Wildman–Crippen LogP) is 1.49. The summed E-state index contributed by atoms with van der Waals surface area (Å²) in [7, 11) is 2.48. The second-order valence-corrected chi connectivity index (χ2v) is 16.6. The second kappa shape index (κ2) is 19.6. The quantitative estimate of drug-likeness (QED) is 0.176. The molecule has 0 aliphatic carbocycles. The fourth-order valence-corrected chi connectivity index (χ4v) is 5.16. The Kier molecular flexibility index (Phi) is 17.3. The van der Waals surface area contributed by atoms with E-state index in [4.69, 9.17) is 19.5 Å². The summed E-state index contributed by atoms with van der Waals surface area (Å²) in [6, 6.07) is 1.79. The maximum atomic E-state index is 11.7. The number of ketones is 1. The minimum atomic E-state index is -1.61. The van der Waals surface area contributed by atoms with Crippen LogP contribution in [0.5, 0.6) is 0 Å². The van der Waals surface area contributed by atoms with Gasteiger partial charge in [0.1, 0.15) is 16.8 Å². The van der Waals surface area contributed by atoms with Gasteiger partial charge < -0.3 is 59.0 Å². The molecule has 0 spiro atoms. The molecule has 4 aliphatic heterocycles. The number of nitriles is 1. The lowest BCUT2D eigenvalue weighted by Crippen LogP contribution is -2.44. The molecule has 0 aromatic carbocycles. The van der Waals surface area contributed by atoms with Crippen molar-refractivity contribution < 1.29 is 67.8 Å². The van der Waals surface area contributed by atoms with Crippen molar-refractivity contribution in [2.75, 3.05) is 66.6 Å². The third-order valence-corrected chi connectivity index (χ3v) is 7.95. The fourth-order valence-electron chi connectivity index (χ4n) is 5.16. The molecule has 4 rings (SSSR count). The van der Waals surface area contributed by atoms with Crippen LogP contribution in [0, 0.1) is 11.3 Å². The van der Waals surface area contributed by atoms with Crippen LogP contribution in [0.4, 0.5) is 14.4 Å². The highest BCUT2D eigenvalue weighted by atomic mass is 16.6. The van der Waals surface area contributed by atoms with E-state index in [9.17, 15) is 44.1 Å². The molecule has 3 amide bonds. The van der Waals surface area contributed by atoms with Gasteiger partial charge in [-0.3, -0.25) is 4.79 Å². The monoisotopic (exact) mass is 787 g/mol. The highest BCUT2D eigenvalue weighted by Crippen LogP contribution is 2.25. The number of aliphatic hydroxyl groups is 3. The Morgan fingerprint density at radius 1 is 0.673 bits per heavy atom. The van der Waals surface area contributed by atoms with E-state index in [-0.39, 0.29) is 44.8 Å². The number of likely N-dealkylation sites (tertiary alicyclic amines) is 3. The van der Waals surface area contributed by atoms with Crippen LogP contribution < -0.4 is 5.32 Å². The average molecular weight is 788 g/mol. The summed E-state index contributed by atoms with van der Waals surface area (Å²) < 4.78 is 24.3. The maximum Gasteiger partial charge on any atom is 0.410 e. The van der Waals surface area contributed by atoms with Gasteiger partial charge in [-0.05, 0) is 68.9 Å². The van der Waals surface area contributed by atoms with Crippen LogP contribution in [0.25, 0.3) is 0 Å². The van der Waals surface area contributed by atoms with Gasteiger partial charge in [0, 0.05) is 51.9 Å². The largest absolute Gasteiger partial charge is 0.467 e. The number of amides is 3. The molecule has 19 nitrogen and oxygen atoms in total. The molecule has 0 aromatic rings. The lowest BCUT2D eigenvalue weighted by atomic mass is 10.0. The van der Waals surface area contributed by atoms with E-state index in [2.05, 4.69) is 14.8 Å². The number of nitrogens with one attached hydrogen (secondary N) is 1. The summed E-state index contributed by atoms with van der Waals surface area (Å²) >= 11 is 0. The summed E-state index contributed by atoms with van der Waals surface area (Å²) in [6.07, 6.45) is -0.0510. The zero-order chi connectivity index (χ0) is 42.6. The first kappa shape index (κ1) is 48.8. The first-order chi connectivity index (χ1) is 25.0. The minimum absolute atomic E-state index is 0.0262. The molecule has 0 radical (unpaired) electrons. The van der Waals surface area contributed by atoms with E-state index in [0.29, 0.717) is 39.0 Å². The van der Waals surface area contributed by atoms with Gasteiger partial charge in [-0.2, -0.15) is 5.26 Å². The zero-order valence-corrected chi connectivity index (χ0v) is 34.1. The van der Waals surface area contributed by atoms with E-state index in [1.165, 1.54) is 28.9 Å². The lowest BCUT2D eigenvalue weighted by molar-refractivity contribution is -0.161. The maximum absolute atomic E-state index is 11.7.